The van der Waals surface area contributed by atoms with Gasteiger partial charge in [-0.3, -0.25) is 9.59 Å². The number of ether oxygens (including phenoxy) is 2. The lowest BCUT2D eigenvalue weighted by atomic mass is 10.0. The summed E-state index contributed by atoms with van der Waals surface area (Å²) in [5, 5.41) is 15.7. The van der Waals surface area contributed by atoms with Crippen molar-refractivity contribution in [2.75, 3.05) is 45.4 Å². The van der Waals surface area contributed by atoms with E-state index in [4.69, 9.17) is 21.1 Å². The fourth-order valence-electron chi connectivity index (χ4n) is 3.55. The maximum Gasteiger partial charge on any atom is 0.348 e. The predicted octanol–water partition coefficient (Wildman–Crippen LogP) is 1.18. The molecule has 0 bridgehead atoms. The van der Waals surface area contributed by atoms with Crippen molar-refractivity contribution in [3.63, 3.8) is 0 Å². The number of carboxylic acid groups (broad SMARTS) is 1. The van der Waals surface area contributed by atoms with Gasteiger partial charge in [0.1, 0.15) is 4.88 Å². The van der Waals surface area contributed by atoms with E-state index in [0.29, 0.717) is 43.4 Å². The Morgan fingerprint density at radius 2 is 2.06 bits per heavy atom. The van der Waals surface area contributed by atoms with E-state index in [9.17, 15) is 19.5 Å². The maximum absolute atomic E-state index is 12.7. The number of hydrogen-bond donors (Lipinski definition) is 4. The number of aromatic nitrogens is 3. The van der Waals surface area contributed by atoms with Crippen molar-refractivity contribution in [1.29, 1.82) is 0 Å². The summed E-state index contributed by atoms with van der Waals surface area (Å²) in [6.07, 6.45) is 0.734. The Kier molecular flexibility index (Phi) is 8.83. The highest BCUT2D eigenvalue weighted by molar-refractivity contribution is 7.17. The lowest BCUT2D eigenvalue weighted by Crippen LogP contribution is -2.55. The third-order valence-electron chi connectivity index (χ3n) is 5.36. The summed E-state index contributed by atoms with van der Waals surface area (Å²) in [5.41, 5.74) is 0.541. The fourth-order valence-corrected chi connectivity index (χ4v) is 4.76. The van der Waals surface area contributed by atoms with Crippen LogP contribution in [0.2, 0.25) is 5.15 Å². The lowest BCUT2D eigenvalue weighted by Gasteiger charge is -2.37. The van der Waals surface area contributed by atoms with Crippen molar-refractivity contribution in [3.8, 4) is 0 Å². The third-order valence-corrected chi connectivity index (χ3v) is 6.78. The molecule has 0 radical (unpaired) electrons. The van der Waals surface area contributed by atoms with Crippen molar-refractivity contribution in [3.05, 3.63) is 27.2 Å². The smallest absolute Gasteiger partial charge is 0.348 e. The Labute approximate surface area is 205 Å². The minimum Gasteiger partial charge on any atom is -0.477 e. The van der Waals surface area contributed by atoms with Gasteiger partial charge in [0.05, 0.1) is 24.4 Å². The van der Waals surface area contributed by atoms with Gasteiger partial charge in [0, 0.05) is 33.9 Å². The summed E-state index contributed by atoms with van der Waals surface area (Å²) in [6.45, 7) is 3.25. The molecule has 1 saturated heterocycles. The number of H-pyrrole nitrogens is 1. The van der Waals surface area contributed by atoms with Crippen LogP contribution >= 0.6 is 22.9 Å². The van der Waals surface area contributed by atoms with Crippen LogP contribution in [0.5, 0.6) is 0 Å². The normalized spacial score (nSPS) is 18.1. The number of carboxylic acids is 1. The number of methoxy groups -OCH3 is 2. The van der Waals surface area contributed by atoms with Gasteiger partial charge in [-0.1, -0.05) is 29.9 Å². The van der Waals surface area contributed by atoms with Crippen LogP contribution in [0.15, 0.2) is 0 Å². The Bertz CT molecular complexity index is 1040. The maximum atomic E-state index is 12.7. The summed E-state index contributed by atoms with van der Waals surface area (Å²) in [7, 11) is 3.03. The topological polar surface area (TPSA) is 159 Å². The van der Waals surface area contributed by atoms with Crippen molar-refractivity contribution in [1.82, 2.24) is 25.6 Å². The number of anilines is 1. The molecule has 0 spiro atoms. The van der Waals surface area contributed by atoms with Gasteiger partial charge in [0.25, 0.3) is 11.8 Å². The molecule has 0 aliphatic carbocycles. The second kappa shape index (κ2) is 11.6. The van der Waals surface area contributed by atoms with Crippen LogP contribution in [0, 0.1) is 0 Å². The van der Waals surface area contributed by atoms with Crippen LogP contribution in [-0.4, -0.2) is 90.4 Å². The number of piperidine rings is 1. The number of aromatic amines is 1. The number of halogens is 1. The molecular formula is C20H27ClN6O6S. The molecule has 4 N–H and O–H groups in total. The monoisotopic (exact) mass is 514 g/mol. The molecule has 3 heterocycles. The first-order valence-corrected chi connectivity index (χ1v) is 11.8. The highest BCUT2D eigenvalue weighted by atomic mass is 35.5. The first-order chi connectivity index (χ1) is 16.3. The highest BCUT2D eigenvalue weighted by Crippen LogP contribution is 2.29. The summed E-state index contributed by atoms with van der Waals surface area (Å²) in [4.78, 5) is 49.7. The number of aromatic carboxylic acids is 1. The molecule has 1 aliphatic rings. The van der Waals surface area contributed by atoms with Gasteiger partial charge < -0.3 is 35.1 Å². The Morgan fingerprint density at radius 3 is 2.68 bits per heavy atom. The second-order valence-corrected chi connectivity index (χ2v) is 8.86. The van der Waals surface area contributed by atoms with Crippen molar-refractivity contribution < 1.29 is 29.0 Å². The number of carbonyl (C=O) groups is 3. The summed E-state index contributed by atoms with van der Waals surface area (Å²) in [5.74, 6) is -2.06. The molecule has 0 saturated carbocycles. The number of nitrogens with one attached hydrogen (secondary N) is 3. The third kappa shape index (κ3) is 5.84. The van der Waals surface area contributed by atoms with E-state index < -0.39 is 18.0 Å². The zero-order valence-electron chi connectivity index (χ0n) is 19.0. The first-order valence-electron chi connectivity index (χ1n) is 10.6. The number of rotatable bonds is 10. The van der Waals surface area contributed by atoms with E-state index in [-0.39, 0.29) is 40.0 Å². The molecule has 3 rings (SSSR count). The van der Waals surface area contributed by atoms with Crippen molar-refractivity contribution in [2.24, 2.45) is 0 Å². The van der Waals surface area contributed by atoms with Gasteiger partial charge in [-0.25, -0.2) is 14.8 Å². The number of imidazole rings is 1. The van der Waals surface area contributed by atoms with E-state index in [0.717, 1.165) is 11.3 Å². The lowest BCUT2D eigenvalue weighted by molar-refractivity contribution is 0.0538. The molecule has 14 heteroatoms. The standard InChI is InChI=1S/C20H27ClN6O6S/c1-4-10-15(21)26-16(23-10)18(29)24-11-5-7-27(9-12(11)33-3)20-25-13(14(34-20)19(30)31)17(28)22-6-8-32-2/h11-12H,4-9H2,1-3H3,(H,22,28)(H,23,26)(H,24,29)(H,30,31)/t11-,12+/m1/s1. The van der Waals surface area contributed by atoms with Crippen molar-refractivity contribution >= 4 is 45.9 Å². The van der Waals surface area contributed by atoms with Gasteiger partial charge in [0.2, 0.25) is 0 Å². The van der Waals surface area contributed by atoms with Crippen LogP contribution in [0.1, 0.15) is 49.8 Å². The minimum atomic E-state index is -1.23. The molecule has 34 heavy (non-hydrogen) atoms. The van der Waals surface area contributed by atoms with Gasteiger partial charge in [0.15, 0.2) is 21.8 Å². The van der Waals surface area contributed by atoms with E-state index in [2.05, 4.69) is 25.6 Å². The number of hydrogen-bond acceptors (Lipinski definition) is 9. The molecule has 186 valence electrons. The number of carbonyl (C=O) groups excluding carboxylic acids is 2. The predicted molar refractivity (Wildman–Crippen MR) is 125 cm³/mol. The van der Waals surface area contributed by atoms with Crippen LogP contribution in [0.25, 0.3) is 0 Å². The summed E-state index contributed by atoms with van der Waals surface area (Å²) in [6, 6.07) is -0.307. The molecule has 1 aliphatic heterocycles. The quantitative estimate of drug-likeness (QED) is 0.341. The fraction of sp³-hybridized carbons (Fsp3) is 0.550. The molecule has 2 aromatic rings. The van der Waals surface area contributed by atoms with Crippen LogP contribution in [0.4, 0.5) is 5.13 Å². The number of thiazole rings is 1. The van der Waals surface area contributed by atoms with E-state index in [1.165, 1.54) is 14.2 Å². The molecule has 2 amide bonds. The highest BCUT2D eigenvalue weighted by Gasteiger charge is 2.34. The number of aryl methyl sites for hydroxylation is 1. The zero-order chi connectivity index (χ0) is 24.8. The largest absolute Gasteiger partial charge is 0.477 e. The molecular weight excluding hydrogens is 488 g/mol. The second-order valence-electron chi connectivity index (χ2n) is 7.53. The Hall–Kier alpha value is -2.74. The van der Waals surface area contributed by atoms with Gasteiger partial charge >= 0.3 is 5.97 Å². The van der Waals surface area contributed by atoms with Crippen LogP contribution in [-0.2, 0) is 15.9 Å². The SMILES string of the molecule is CCc1[nH]c(C(=O)N[C@@H]2CCN(c3nc(C(=O)NCCOC)c(C(=O)O)s3)C[C@@H]2OC)nc1Cl. The summed E-state index contributed by atoms with van der Waals surface area (Å²) >= 11 is 6.96. The van der Waals surface area contributed by atoms with Crippen LogP contribution < -0.4 is 15.5 Å². The molecule has 2 atom stereocenters. The number of nitrogens with zero attached hydrogens (tertiary/aromatic N) is 3. The van der Waals surface area contributed by atoms with Gasteiger partial charge in [-0.05, 0) is 12.8 Å². The molecule has 0 unspecified atom stereocenters. The first kappa shape index (κ1) is 25.9. The number of amides is 2. The average Bonchev–Trinajstić information content (AvgIpc) is 3.43. The molecule has 12 nitrogen and oxygen atoms in total. The Balaban J connectivity index is 1.70. The van der Waals surface area contributed by atoms with E-state index >= 15 is 0 Å². The molecule has 2 aromatic heterocycles. The zero-order valence-corrected chi connectivity index (χ0v) is 20.6. The van der Waals surface area contributed by atoms with Crippen molar-refractivity contribution in [2.45, 2.75) is 31.9 Å². The summed E-state index contributed by atoms with van der Waals surface area (Å²) < 4.78 is 10.5. The van der Waals surface area contributed by atoms with E-state index in [1.807, 2.05) is 11.8 Å². The molecule has 0 aromatic carbocycles. The average molecular weight is 515 g/mol. The Morgan fingerprint density at radius 1 is 1.29 bits per heavy atom. The van der Waals surface area contributed by atoms with Gasteiger partial charge in [-0.15, -0.1) is 0 Å². The molecule has 1 fully saturated rings. The minimum absolute atomic E-state index is 0.134. The van der Waals surface area contributed by atoms with Gasteiger partial charge in [-0.2, -0.15) is 0 Å². The van der Waals surface area contributed by atoms with Crippen LogP contribution in [0.3, 0.4) is 0 Å². The van der Waals surface area contributed by atoms with E-state index in [1.54, 1.807) is 0 Å².